The van der Waals surface area contributed by atoms with E-state index in [2.05, 4.69) is 18.3 Å². The summed E-state index contributed by atoms with van der Waals surface area (Å²) in [4.78, 5) is 39.2. The summed E-state index contributed by atoms with van der Waals surface area (Å²) >= 11 is 0. The van der Waals surface area contributed by atoms with Gasteiger partial charge in [0, 0.05) is 5.56 Å². The van der Waals surface area contributed by atoms with Crippen LogP contribution < -0.4 is 19.7 Å². The van der Waals surface area contributed by atoms with E-state index in [-0.39, 0.29) is 12.2 Å². The number of carbonyl (C=O) groups excluding carboxylic acids is 3. The van der Waals surface area contributed by atoms with Crippen molar-refractivity contribution in [1.82, 2.24) is 5.32 Å². The molecule has 1 N–H and O–H groups in total. The predicted molar refractivity (Wildman–Crippen MR) is 138 cm³/mol. The zero-order valence-corrected chi connectivity index (χ0v) is 20.5. The Bertz CT molecular complexity index is 1340. The Hall–Kier alpha value is -4.39. The second kappa shape index (κ2) is 10.9. The number of ether oxygens (including phenoxy) is 2. The standard InChI is InChI=1S/C29H28N2O5/c1-4-21-14-20(3)16-24(17-21)35-12-13-36-26-11-6-5-9-22(26)18-25-27(32)30-29(34)31(28(25)33)23-10-7-8-19(2)15-23/h5-11,14-18H,4,12-13H2,1-3H3,(H,30,32,34)/b25-18+. The highest BCUT2D eigenvalue weighted by atomic mass is 16.5. The fraction of sp³-hybridized carbons (Fsp3) is 0.207. The Morgan fingerprint density at radius 2 is 1.64 bits per heavy atom. The molecule has 0 aliphatic carbocycles. The number of benzene rings is 3. The number of imide groups is 2. The lowest BCUT2D eigenvalue weighted by molar-refractivity contribution is -0.122. The van der Waals surface area contributed by atoms with Gasteiger partial charge in [-0.1, -0.05) is 43.3 Å². The van der Waals surface area contributed by atoms with E-state index in [1.807, 2.05) is 32.0 Å². The third kappa shape index (κ3) is 5.63. The fourth-order valence-corrected chi connectivity index (χ4v) is 3.97. The lowest BCUT2D eigenvalue weighted by atomic mass is 10.1. The molecule has 36 heavy (non-hydrogen) atoms. The van der Waals surface area contributed by atoms with Crippen LogP contribution in [0.4, 0.5) is 10.5 Å². The zero-order valence-electron chi connectivity index (χ0n) is 20.5. The molecule has 3 aromatic rings. The first-order valence-electron chi connectivity index (χ1n) is 11.8. The van der Waals surface area contributed by atoms with Crippen molar-refractivity contribution < 1.29 is 23.9 Å². The number of hydrogen-bond donors (Lipinski definition) is 1. The molecule has 0 spiro atoms. The molecule has 4 rings (SSSR count). The molecule has 1 fully saturated rings. The number of nitrogens with one attached hydrogen (secondary N) is 1. The summed E-state index contributed by atoms with van der Waals surface area (Å²) in [5, 5.41) is 2.25. The van der Waals surface area contributed by atoms with Gasteiger partial charge in [-0.2, -0.15) is 0 Å². The molecule has 0 saturated carbocycles. The second-order valence-electron chi connectivity index (χ2n) is 8.54. The number of barbiturate groups is 1. The predicted octanol–water partition coefficient (Wildman–Crippen LogP) is 4.99. The van der Waals surface area contributed by atoms with Gasteiger partial charge < -0.3 is 9.47 Å². The average molecular weight is 485 g/mol. The molecule has 1 aliphatic heterocycles. The molecule has 1 heterocycles. The van der Waals surface area contributed by atoms with Crippen molar-refractivity contribution in [2.24, 2.45) is 0 Å². The number of para-hydroxylation sites is 1. The minimum absolute atomic E-state index is 0.157. The van der Waals surface area contributed by atoms with Gasteiger partial charge in [0.05, 0.1) is 5.69 Å². The maximum absolute atomic E-state index is 13.2. The molecule has 184 valence electrons. The van der Waals surface area contributed by atoms with Crippen molar-refractivity contribution in [2.75, 3.05) is 18.1 Å². The third-order valence-corrected chi connectivity index (χ3v) is 5.71. The highest BCUT2D eigenvalue weighted by Gasteiger charge is 2.37. The van der Waals surface area contributed by atoms with Crippen LogP contribution in [0.5, 0.6) is 11.5 Å². The van der Waals surface area contributed by atoms with Gasteiger partial charge in [-0.3, -0.25) is 14.9 Å². The van der Waals surface area contributed by atoms with Crippen molar-refractivity contribution in [1.29, 1.82) is 0 Å². The first-order chi connectivity index (χ1) is 17.4. The summed E-state index contributed by atoms with van der Waals surface area (Å²) in [7, 11) is 0. The molecule has 3 aromatic carbocycles. The van der Waals surface area contributed by atoms with Gasteiger partial charge in [0.2, 0.25) is 0 Å². The van der Waals surface area contributed by atoms with Gasteiger partial charge in [0.1, 0.15) is 30.3 Å². The molecule has 1 aliphatic rings. The molecular formula is C29H28N2O5. The normalized spacial score (nSPS) is 14.7. The monoisotopic (exact) mass is 484 g/mol. The van der Waals surface area contributed by atoms with Gasteiger partial charge in [0.25, 0.3) is 11.8 Å². The van der Waals surface area contributed by atoms with E-state index in [4.69, 9.17) is 9.47 Å². The van der Waals surface area contributed by atoms with E-state index in [0.29, 0.717) is 23.6 Å². The van der Waals surface area contributed by atoms with Crippen LogP contribution in [0.25, 0.3) is 6.08 Å². The van der Waals surface area contributed by atoms with E-state index in [0.717, 1.165) is 28.2 Å². The van der Waals surface area contributed by atoms with Crippen molar-refractivity contribution in [2.45, 2.75) is 27.2 Å². The van der Waals surface area contributed by atoms with E-state index < -0.39 is 17.8 Å². The van der Waals surface area contributed by atoms with Crippen molar-refractivity contribution in [3.63, 3.8) is 0 Å². The van der Waals surface area contributed by atoms with Crippen molar-refractivity contribution in [3.8, 4) is 11.5 Å². The lowest BCUT2D eigenvalue weighted by Gasteiger charge is -2.26. The quantitative estimate of drug-likeness (QED) is 0.277. The highest BCUT2D eigenvalue weighted by Crippen LogP contribution is 2.26. The molecule has 1 saturated heterocycles. The SMILES string of the molecule is CCc1cc(C)cc(OCCOc2ccccc2/C=C2\C(=O)NC(=O)N(c3cccc(C)c3)C2=O)c1. The van der Waals surface area contributed by atoms with Crippen LogP contribution in [0.3, 0.4) is 0 Å². The smallest absolute Gasteiger partial charge is 0.335 e. The first-order valence-corrected chi connectivity index (χ1v) is 11.8. The van der Waals surface area contributed by atoms with Crippen LogP contribution in [0, 0.1) is 13.8 Å². The minimum Gasteiger partial charge on any atom is -0.490 e. The second-order valence-corrected chi connectivity index (χ2v) is 8.54. The maximum atomic E-state index is 13.2. The molecule has 7 nitrogen and oxygen atoms in total. The largest absolute Gasteiger partial charge is 0.490 e. The summed E-state index contributed by atoms with van der Waals surface area (Å²) in [6.45, 7) is 6.58. The first kappa shape index (κ1) is 24.7. The van der Waals surface area contributed by atoms with E-state index >= 15 is 0 Å². The molecule has 0 radical (unpaired) electrons. The number of anilines is 1. The molecule has 0 atom stereocenters. The van der Waals surface area contributed by atoms with E-state index in [1.165, 1.54) is 11.6 Å². The lowest BCUT2D eigenvalue weighted by Crippen LogP contribution is -2.54. The minimum atomic E-state index is -0.781. The summed E-state index contributed by atoms with van der Waals surface area (Å²) in [6, 6.07) is 19.4. The molecule has 0 aromatic heterocycles. The Balaban J connectivity index is 1.50. The van der Waals surface area contributed by atoms with Crippen LogP contribution >= 0.6 is 0 Å². The van der Waals surface area contributed by atoms with Gasteiger partial charge in [0.15, 0.2) is 0 Å². The summed E-state index contributed by atoms with van der Waals surface area (Å²) in [6.07, 6.45) is 2.37. The van der Waals surface area contributed by atoms with Crippen LogP contribution in [-0.4, -0.2) is 31.1 Å². The highest BCUT2D eigenvalue weighted by molar-refractivity contribution is 6.39. The van der Waals surface area contributed by atoms with Crippen LogP contribution in [-0.2, 0) is 16.0 Å². The van der Waals surface area contributed by atoms with Crippen molar-refractivity contribution >= 4 is 29.6 Å². The Kier molecular flexibility index (Phi) is 7.49. The number of hydrogen-bond acceptors (Lipinski definition) is 5. The number of urea groups is 1. The van der Waals surface area contributed by atoms with E-state index in [9.17, 15) is 14.4 Å². The number of nitrogens with zero attached hydrogens (tertiary/aromatic N) is 1. The zero-order chi connectivity index (χ0) is 25.7. The van der Waals surface area contributed by atoms with Gasteiger partial charge >= 0.3 is 6.03 Å². The third-order valence-electron chi connectivity index (χ3n) is 5.71. The number of carbonyl (C=O) groups is 3. The van der Waals surface area contributed by atoms with Crippen LogP contribution in [0.15, 0.2) is 72.3 Å². The van der Waals surface area contributed by atoms with Crippen LogP contribution in [0.2, 0.25) is 0 Å². The molecule has 7 heteroatoms. The molecular weight excluding hydrogens is 456 g/mol. The number of rotatable bonds is 8. The topological polar surface area (TPSA) is 84.9 Å². The van der Waals surface area contributed by atoms with Gasteiger partial charge in [-0.25, -0.2) is 9.69 Å². The Morgan fingerprint density at radius 3 is 2.42 bits per heavy atom. The maximum Gasteiger partial charge on any atom is 0.335 e. The Morgan fingerprint density at radius 1 is 0.861 bits per heavy atom. The van der Waals surface area contributed by atoms with Gasteiger partial charge in [-0.05, 0) is 73.4 Å². The molecule has 4 amide bonds. The number of amides is 4. The summed E-state index contributed by atoms with van der Waals surface area (Å²) in [5.41, 5.74) is 3.99. The van der Waals surface area contributed by atoms with Crippen molar-refractivity contribution in [3.05, 3.63) is 94.6 Å². The Labute approximate surface area is 210 Å². The number of aryl methyl sites for hydroxylation is 3. The molecule has 0 bridgehead atoms. The fourth-order valence-electron chi connectivity index (χ4n) is 3.97. The summed E-state index contributed by atoms with van der Waals surface area (Å²) in [5.74, 6) is -0.167. The van der Waals surface area contributed by atoms with Crippen LogP contribution in [0.1, 0.15) is 29.2 Å². The van der Waals surface area contributed by atoms with E-state index in [1.54, 1.807) is 42.5 Å². The average Bonchev–Trinajstić information content (AvgIpc) is 2.84. The van der Waals surface area contributed by atoms with Gasteiger partial charge in [-0.15, -0.1) is 0 Å². The molecule has 0 unspecified atom stereocenters. The summed E-state index contributed by atoms with van der Waals surface area (Å²) < 4.78 is 11.8.